The first-order valence-electron chi connectivity index (χ1n) is 7.49. The summed E-state index contributed by atoms with van der Waals surface area (Å²) >= 11 is 3.39. The van der Waals surface area contributed by atoms with Crippen LogP contribution >= 0.6 is 15.9 Å². The summed E-state index contributed by atoms with van der Waals surface area (Å²) in [7, 11) is 1.59. The van der Waals surface area contributed by atoms with Crippen LogP contribution in [0.4, 0.5) is 0 Å². The number of methoxy groups -OCH3 is 1. The van der Waals surface area contributed by atoms with Crippen LogP contribution in [0, 0.1) is 0 Å². The molecule has 0 aliphatic carbocycles. The summed E-state index contributed by atoms with van der Waals surface area (Å²) in [6, 6.07) is 13.0. The Morgan fingerprint density at radius 2 is 1.71 bits per heavy atom. The van der Waals surface area contributed by atoms with E-state index in [9.17, 15) is 4.79 Å². The van der Waals surface area contributed by atoms with Gasteiger partial charge in [0.25, 0.3) is 0 Å². The van der Waals surface area contributed by atoms with E-state index in [1.807, 2.05) is 42.5 Å². The maximum atomic E-state index is 10.8. The molecule has 0 spiro atoms. The van der Waals surface area contributed by atoms with Crippen LogP contribution in [-0.4, -0.2) is 31.4 Å². The van der Waals surface area contributed by atoms with Gasteiger partial charge in [0, 0.05) is 10.9 Å². The molecule has 0 fully saturated rings. The average Bonchev–Trinajstić information content (AvgIpc) is 2.58. The number of para-hydroxylation sites is 2. The van der Waals surface area contributed by atoms with Gasteiger partial charge < -0.3 is 19.3 Å². The maximum absolute atomic E-state index is 10.8. The summed E-state index contributed by atoms with van der Waals surface area (Å²) in [6.07, 6.45) is 0.474. The van der Waals surface area contributed by atoms with Crippen molar-refractivity contribution < 1.29 is 24.1 Å². The largest absolute Gasteiger partial charge is 0.493 e. The molecule has 2 aromatic carbocycles. The second-order valence-electron chi connectivity index (χ2n) is 4.99. The zero-order valence-corrected chi connectivity index (χ0v) is 14.9. The van der Waals surface area contributed by atoms with E-state index in [1.165, 1.54) is 0 Å². The molecule has 0 atom stereocenters. The summed E-state index contributed by atoms with van der Waals surface area (Å²) in [5, 5.41) is 8.84. The minimum Gasteiger partial charge on any atom is -0.493 e. The monoisotopic (exact) mass is 394 g/mol. The van der Waals surface area contributed by atoms with E-state index in [-0.39, 0.29) is 6.42 Å². The van der Waals surface area contributed by atoms with Crippen LogP contribution in [0.3, 0.4) is 0 Å². The lowest BCUT2D eigenvalue weighted by molar-refractivity contribution is -0.136. The number of carboxylic acid groups (broad SMARTS) is 1. The molecule has 1 N–H and O–H groups in total. The highest BCUT2D eigenvalue weighted by Gasteiger charge is 2.08. The number of aryl methyl sites for hydroxylation is 1. The number of hydrogen-bond donors (Lipinski definition) is 1. The molecule has 0 radical (unpaired) electrons. The van der Waals surface area contributed by atoms with Gasteiger partial charge in [0.2, 0.25) is 0 Å². The van der Waals surface area contributed by atoms with Crippen LogP contribution in [0.25, 0.3) is 0 Å². The minimum atomic E-state index is -0.833. The van der Waals surface area contributed by atoms with Gasteiger partial charge in [-0.3, -0.25) is 4.79 Å². The standard InChI is InChI=1S/C18H19BrO5/c1-22-16-4-2-3-5-17(16)24-11-10-23-15-8-7-14(19)12-13(15)6-9-18(20)21/h2-5,7-8,12H,6,9-11H2,1H3,(H,20,21). The van der Waals surface area contributed by atoms with Crippen molar-refractivity contribution in [2.75, 3.05) is 20.3 Å². The molecule has 0 aliphatic rings. The van der Waals surface area contributed by atoms with E-state index in [2.05, 4.69) is 15.9 Å². The van der Waals surface area contributed by atoms with E-state index in [0.717, 1.165) is 10.0 Å². The Morgan fingerprint density at radius 3 is 2.38 bits per heavy atom. The molecule has 24 heavy (non-hydrogen) atoms. The number of aliphatic carboxylic acids is 1. The zero-order valence-electron chi connectivity index (χ0n) is 13.3. The molecule has 128 valence electrons. The Morgan fingerprint density at radius 1 is 1.04 bits per heavy atom. The molecule has 0 heterocycles. The molecular formula is C18H19BrO5. The van der Waals surface area contributed by atoms with Crippen LogP contribution in [0.2, 0.25) is 0 Å². The predicted molar refractivity (Wildman–Crippen MR) is 94.1 cm³/mol. The number of rotatable bonds is 9. The van der Waals surface area contributed by atoms with Crippen molar-refractivity contribution in [3.05, 3.63) is 52.5 Å². The summed E-state index contributed by atoms with van der Waals surface area (Å²) in [4.78, 5) is 10.8. The maximum Gasteiger partial charge on any atom is 0.303 e. The van der Waals surface area contributed by atoms with Crippen LogP contribution < -0.4 is 14.2 Å². The first-order valence-corrected chi connectivity index (χ1v) is 8.28. The van der Waals surface area contributed by atoms with Crippen LogP contribution in [0.5, 0.6) is 17.2 Å². The van der Waals surface area contributed by atoms with Gasteiger partial charge in [0.1, 0.15) is 19.0 Å². The fourth-order valence-corrected chi connectivity index (χ4v) is 2.58. The SMILES string of the molecule is COc1ccccc1OCCOc1ccc(Br)cc1CCC(=O)O. The van der Waals surface area contributed by atoms with E-state index < -0.39 is 5.97 Å². The lowest BCUT2D eigenvalue weighted by Crippen LogP contribution is -2.11. The van der Waals surface area contributed by atoms with Gasteiger partial charge in [-0.05, 0) is 42.3 Å². The fraction of sp³-hybridized carbons (Fsp3) is 0.278. The topological polar surface area (TPSA) is 65.0 Å². The number of halogens is 1. The molecule has 6 heteroatoms. The Kier molecular flexibility index (Phi) is 6.93. The number of carbonyl (C=O) groups is 1. The van der Waals surface area contributed by atoms with E-state index in [0.29, 0.717) is 36.9 Å². The van der Waals surface area contributed by atoms with Gasteiger partial charge in [-0.25, -0.2) is 0 Å². The van der Waals surface area contributed by atoms with Gasteiger partial charge >= 0.3 is 5.97 Å². The second-order valence-corrected chi connectivity index (χ2v) is 5.91. The molecule has 0 saturated carbocycles. The molecule has 5 nitrogen and oxygen atoms in total. The lowest BCUT2D eigenvalue weighted by Gasteiger charge is -2.13. The zero-order chi connectivity index (χ0) is 17.4. The van der Waals surface area contributed by atoms with Gasteiger partial charge in [-0.1, -0.05) is 28.1 Å². The van der Waals surface area contributed by atoms with Crippen molar-refractivity contribution >= 4 is 21.9 Å². The molecule has 0 amide bonds. The highest BCUT2D eigenvalue weighted by Crippen LogP contribution is 2.26. The van der Waals surface area contributed by atoms with E-state index >= 15 is 0 Å². The van der Waals surface area contributed by atoms with Crippen molar-refractivity contribution in [2.45, 2.75) is 12.8 Å². The highest BCUT2D eigenvalue weighted by atomic mass is 79.9. The number of ether oxygens (including phenoxy) is 3. The molecule has 0 unspecified atom stereocenters. The summed E-state index contributed by atoms with van der Waals surface area (Å²) < 4.78 is 17.5. The first kappa shape index (κ1) is 18.1. The Hall–Kier alpha value is -2.21. The van der Waals surface area contributed by atoms with Gasteiger partial charge in [0.15, 0.2) is 11.5 Å². The molecule has 0 aliphatic heterocycles. The quantitative estimate of drug-likeness (QED) is 0.652. The third-order valence-electron chi connectivity index (χ3n) is 3.30. The third kappa shape index (κ3) is 5.45. The average molecular weight is 395 g/mol. The normalized spacial score (nSPS) is 10.2. The number of benzene rings is 2. The minimum absolute atomic E-state index is 0.0600. The van der Waals surface area contributed by atoms with Gasteiger partial charge in [0.05, 0.1) is 7.11 Å². The Labute approximate surface area is 149 Å². The molecule has 0 saturated heterocycles. The number of carboxylic acids is 1. The highest BCUT2D eigenvalue weighted by molar-refractivity contribution is 9.10. The molecular weight excluding hydrogens is 376 g/mol. The molecule has 0 bridgehead atoms. The Bertz CT molecular complexity index is 687. The molecule has 2 aromatic rings. The van der Waals surface area contributed by atoms with Crippen LogP contribution in [0.1, 0.15) is 12.0 Å². The van der Waals surface area contributed by atoms with E-state index in [4.69, 9.17) is 19.3 Å². The van der Waals surface area contributed by atoms with Crippen LogP contribution in [0.15, 0.2) is 46.9 Å². The summed E-state index contributed by atoms with van der Waals surface area (Å²) in [5.41, 5.74) is 0.851. The van der Waals surface area contributed by atoms with Crippen molar-refractivity contribution in [1.29, 1.82) is 0 Å². The van der Waals surface area contributed by atoms with Gasteiger partial charge in [-0.2, -0.15) is 0 Å². The van der Waals surface area contributed by atoms with Crippen molar-refractivity contribution in [3.8, 4) is 17.2 Å². The first-order chi connectivity index (χ1) is 11.6. The Balaban J connectivity index is 1.90. The lowest BCUT2D eigenvalue weighted by atomic mass is 10.1. The second kappa shape index (κ2) is 9.17. The van der Waals surface area contributed by atoms with Crippen LogP contribution in [-0.2, 0) is 11.2 Å². The number of hydrogen-bond acceptors (Lipinski definition) is 4. The predicted octanol–water partition coefficient (Wildman–Crippen LogP) is 3.93. The summed E-state index contributed by atoms with van der Waals surface area (Å²) in [5.74, 6) is 1.16. The summed E-state index contributed by atoms with van der Waals surface area (Å²) in [6.45, 7) is 0.703. The van der Waals surface area contributed by atoms with Crippen molar-refractivity contribution in [3.63, 3.8) is 0 Å². The smallest absolute Gasteiger partial charge is 0.303 e. The van der Waals surface area contributed by atoms with E-state index in [1.54, 1.807) is 7.11 Å². The van der Waals surface area contributed by atoms with Crippen molar-refractivity contribution in [2.24, 2.45) is 0 Å². The van der Waals surface area contributed by atoms with Crippen molar-refractivity contribution in [1.82, 2.24) is 0 Å². The fourth-order valence-electron chi connectivity index (χ4n) is 2.17. The van der Waals surface area contributed by atoms with Gasteiger partial charge in [-0.15, -0.1) is 0 Å². The molecule has 0 aromatic heterocycles. The molecule has 2 rings (SSSR count). The third-order valence-corrected chi connectivity index (χ3v) is 3.79.